The number of ether oxygens (including phenoxy) is 1. The van der Waals surface area contributed by atoms with Crippen LogP contribution in [0, 0.1) is 5.92 Å². The zero-order valence-corrected chi connectivity index (χ0v) is 11.8. The molecule has 1 aliphatic carbocycles. The number of alkyl halides is 3. The van der Waals surface area contributed by atoms with E-state index in [1.54, 1.807) is 7.11 Å². The molecule has 1 fully saturated rings. The van der Waals surface area contributed by atoms with Crippen LogP contribution in [0.2, 0.25) is 0 Å². The number of hydrogen-bond acceptors (Lipinski definition) is 1. The highest BCUT2D eigenvalue weighted by Crippen LogP contribution is 2.39. The Labute approximate surface area is 117 Å². The third-order valence-electron chi connectivity index (χ3n) is 3.86. The molecular weight excluding hydrogens is 270 g/mol. The minimum Gasteiger partial charge on any atom is -0.497 e. The van der Waals surface area contributed by atoms with Crippen LogP contribution in [0.4, 0.5) is 8.78 Å². The maximum atomic E-state index is 13.1. The van der Waals surface area contributed by atoms with Crippen LogP contribution in [0.1, 0.15) is 31.2 Å². The van der Waals surface area contributed by atoms with Crippen LogP contribution in [0.25, 0.3) is 0 Å². The van der Waals surface area contributed by atoms with Gasteiger partial charge in [0.05, 0.1) is 7.11 Å². The summed E-state index contributed by atoms with van der Waals surface area (Å²) in [5.41, 5.74) is 1.12. The molecule has 0 spiro atoms. The highest BCUT2D eigenvalue weighted by Gasteiger charge is 2.37. The number of rotatable bonds is 4. The van der Waals surface area contributed by atoms with Crippen molar-refractivity contribution in [1.82, 2.24) is 0 Å². The van der Waals surface area contributed by atoms with Gasteiger partial charge in [-0.3, -0.25) is 0 Å². The van der Waals surface area contributed by atoms with Crippen LogP contribution in [0.5, 0.6) is 5.75 Å². The molecule has 1 unspecified atom stereocenters. The van der Waals surface area contributed by atoms with Crippen LogP contribution in [0.3, 0.4) is 0 Å². The monoisotopic (exact) mass is 288 g/mol. The molecule has 1 aromatic carbocycles. The summed E-state index contributed by atoms with van der Waals surface area (Å²) < 4.78 is 31.3. The highest BCUT2D eigenvalue weighted by molar-refractivity contribution is 6.20. The second-order valence-corrected chi connectivity index (χ2v) is 5.82. The Morgan fingerprint density at radius 2 is 1.84 bits per heavy atom. The van der Waals surface area contributed by atoms with E-state index in [4.69, 9.17) is 16.3 Å². The molecule has 2 rings (SSSR count). The summed E-state index contributed by atoms with van der Waals surface area (Å²) in [6, 6.07) is 7.75. The van der Waals surface area contributed by atoms with E-state index in [1.807, 2.05) is 24.3 Å². The second kappa shape index (κ2) is 6.08. The van der Waals surface area contributed by atoms with Crippen LogP contribution in [0.15, 0.2) is 24.3 Å². The smallest absolute Gasteiger partial charge is 0.248 e. The summed E-state index contributed by atoms with van der Waals surface area (Å²) in [6.45, 7) is 0. The first-order valence-electron chi connectivity index (χ1n) is 6.65. The summed E-state index contributed by atoms with van der Waals surface area (Å²) in [7, 11) is 1.63. The van der Waals surface area contributed by atoms with Crippen molar-refractivity contribution in [2.24, 2.45) is 5.92 Å². The van der Waals surface area contributed by atoms with Crippen molar-refractivity contribution < 1.29 is 13.5 Å². The SMILES string of the molecule is COc1ccc(CC(Cl)C2CCC(F)(F)CC2)cc1. The van der Waals surface area contributed by atoms with Gasteiger partial charge in [-0.05, 0) is 42.9 Å². The van der Waals surface area contributed by atoms with Crippen molar-refractivity contribution >= 4 is 11.6 Å². The molecule has 1 saturated carbocycles. The minimum absolute atomic E-state index is 0.0243. The molecule has 0 radical (unpaired) electrons. The summed E-state index contributed by atoms with van der Waals surface area (Å²) in [5, 5.41) is -0.0653. The van der Waals surface area contributed by atoms with Gasteiger partial charge in [-0.15, -0.1) is 11.6 Å². The van der Waals surface area contributed by atoms with Gasteiger partial charge in [0.1, 0.15) is 5.75 Å². The lowest BCUT2D eigenvalue weighted by molar-refractivity contribution is -0.0459. The summed E-state index contributed by atoms with van der Waals surface area (Å²) in [5.74, 6) is -1.47. The van der Waals surface area contributed by atoms with Gasteiger partial charge in [0.25, 0.3) is 0 Å². The molecule has 19 heavy (non-hydrogen) atoms. The molecule has 0 N–H and O–H groups in total. The van der Waals surface area contributed by atoms with E-state index in [1.165, 1.54) is 0 Å². The first-order chi connectivity index (χ1) is 9.00. The average Bonchev–Trinajstić information content (AvgIpc) is 2.39. The molecule has 0 bridgehead atoms. The van der Waals surface area contributed by atoms with Crippen molar-refractivity contribution in [2.45, 2.75) is 43.4 Å². The van der Waals surface area contributed by atoms with E-state index in [2.05, 4.69) is 0 Å². The molecule has 1 aromatic rings. The van der Waals surface area contributed by atoms with Crippen LogP contribution < -0.4 is 4.74 Å². The zero-order valence-electron chi connectivity index (χ0n) is 11.0. The van der Waals surface area contributed by atoms with E-state index >= 15 is 0 Å². The van der Waals surface area contributed by atoms with Gasteiger partial charge in [0.2, 0.25) is 5.92 Å². The largest absolute Gasteiger partial charge is 0.497 e. The van der Waals surface area contributed by atoms with E-state index < -0.39 is 5.92 Å². The van der Waals surface area contributed by atoms with Crippen molar-refractivity contribution in [3.05, 3.63) is 29.8 Å². The Balaban J connectivity index is 1.88. The average molecular weight is 289 g/mol. The lowest BCUT2D eigenvalue weighted by Crippen LogP contribution is -2.29. The first kappa shape index (κ1) is 14.6. The molecule has 1 nitrogen and oxygen atoms in total. The standard InChI is InChI=1S/C15H19ClF2O/c1-19-13-4-2-11(3-5-13)10-14(16)12-6-8-15(17,18)9-7-12/h2-5,12,14H,6-10H2,1H3. The quantitative estimate of drug-likeness (QED) is 0.732. The Morgan fingerprint density at radius 3 is 2.37 bits per heavy atom. The summed E-state index contributed by atoms with van der Waals surface area (Å²) >= 11 is 6.38. The normalized spacial score (nSPS) is 21.1. The molecule has 0 aromatic heterocycles. The van der Waals surface area contributed by atoms with E-state index in [0.29, 0.717) is 12.8 Å². The minimum atomic E-state index is -2.48. The van der Waals surface area contributed by atoms with Gasteiger partial charge in [0.15, 0.2) is 0 Å². The number of hydrogen-bond donors (Lipinski definition) is 0. The maximum Gasteiger partial charge on any atom is 0.248 e. The van der Waals surface area contributed by atoms with Crippen molar-refractivity contribution in [3.63, 3.8) is 0 Å². The van der Waals surface area contributed by atoms with Crippen molar-refractivity contribution in [1.29, 1.82) is 0 Å². The van der Waals surface area contributed by atoms with Gasteiger partial charge in [0, 0.05) is 18.2 Å². The first-order valence-corrected chi connectivity index (χ1v) is 7.09. The predicted molar refractivity (Wildman–Crippen MR) is 73.2 cm³/mol. The lowest BCUT2D eigenvalue weighted by Gasteiger charge is -2.31. The summed E-state index contributed by atoms with van der Waals surface area (Å²) in [6.07, 6.45) is 1.73. The van der Waals surface area contributed by atoms with Crippen LogP contribution in [-0.2, 0) is 6.42 Å². The molecule has 0 heterocycles. The number of benzene rings is 1. The third-order valence-corrected chi connectivity index (χ3v) is 4.37. The fraction of sp³-hybridized carbons (Fsp3) is 0.600. The van der Waals surface area contributed by atoms with Gasteiger partial charge < -0.3 is 4.74 Å². The Kier molecular flexibility index (Phi) is 4.67. The fourth-order valence-corrected chi connectivity index (χ4v) is 3.01. The molecule has 1 aliphatic rings. The lowest BCUT2D eigenvalue weighted by atomic mass is 9.83. The fourth-order valence-electron chi connectivity index (χ4n) is 2.58. The Morgan fingerprint density at radius 1 is 1.26 bits per heavy atom. The van der Waals surface area contributed by atoms with E-state index in [-0.39, 0.29) is 24.1 Å². The van der Waals surface area contributed by atoms with E-state index in [9.17, 15) is 8.78 Å². The molecular formula is C15H19ClF2O. The Bertz CT molecular complexity index is 395. The molecule has 0 amide bonds. The molecule has 0 aliphatic heterocycles. The van der Waals surface area contributed by atoms with Gasteiger partial charge in [-0.25, -0.2) is 8.78 Å². The zero-order chi connectivity index (χ0) is 13.9. The predicted octanol–water partition coefficient (Wildman–Crippen LogP) is 4.67. The number of halogens is 3. The second-order valence-electron chi connectivity index (χ2n) is 5.26. The molecule has 1 atom stereocenters. The van der Waals surface area contributed by atoms with Crippen molar-refractivity contribution in [3.8, 4) is 5.75 Å². The van der Waals surface area contributed by atoms with E-state index in [0.717, 1.165) is 17.7 Å². The third kappa shape index (κ3) is 4.07. The Hall–Kier alpha value is -0.830. The molecule has 106 valence electrons. The van der Waals surface area contributed by atoms with Crippen LogP contribution >= 0.6 is 11.6 Å². The highest BCUT2D eigenvalue weighted by atomic mass is 35.5. The molecule has 0 saturated heterocycles. The molecule has 4 heteroatoms. The van der Waals surface area contributed by atoms with Gasteiger partial charge in [-0.1, -0.05) is 12.1 Å². The van der Waals surface area contributed by atoms with Gasteiger partial charge >= 0.3 is 0 Å². The van der Waals surface area contributed by atoms with Crippen molar-refractivity contribution in [2.75, 3.05) is 7.11 Å². The topological polar surface area (TPSA) is 9.23 Å². The summed E-state index contributed by atoms with van der Waals surface area (Å²) in [4.78, 5) is 0. The number of methoxy groups -OCH3 is 1. The van der Waals surface area contributed by atoms with Gasteiger partial charge in [-0.2, -0.15) is 0 Å². The van der Waals surface area contributed by atoms with Crippen LogP contribution in [-0.4, -0.2) is 18.4 Å². The maximum absolute atomic E-state index is 13.1.